The normalized spacial score (nSPS) is 17.2. The van der Waals surface area contributed by atoms with Gasteiger partial charge in [-0.2, -0.15) is 0 Å². The summed E-state index contributed by atoms with van der Waals surface area (Å²) in [5.74, 6) is 0.868. The number of rotatable bonds is 7. The summed E-state index contributed by atoms with van der Waals surface area (Å²) in [4.78, 5) is 0. The largest absolute Gasteiger partial charge is 0.385 e. The number of benzene rings is 2. The van der Waals surface area contributed by atoms with Gasteiger partial charge >= 0.3 is 0 Å². The first-order valence-electron chi connectivity index (χ1n) is 15.7. The molecule has 1 aliphatic rings. The van der Waals surface area contributed by atoms with Crippen molar-refractivity contribution in [3.8, 4) is 0 Å². The van der Waals surface area contributed by atoms with Crippen LogP contribution in [0.5, 0.6) is 0 Å². The van der Waals surface area contributed by atoms with E-state index < -0.39 is 0 Å². The third-order valence-electron chi connectivity index (χ3n) is 7.24. The van der Waals surface area contributed by atoms with Crippen molar-refractivity contribution in [3.63, 3.8) is 0 Å². The molecule has 1 N–H and O–H groups in total. The van der Waals surface area contributed by atoms with Crippen molar-refractivity contribution < 1.29 is 0 Å². The van der Waals surface area contributed by atoms with Crippen molar-refractivity contribution in [1.29, 1.82) is 0 Å². The van der Waals surface area contributed by atoms with Crippen LogP contribution < -0.4 is 15.8 Å². The van der Waals surface area contributed by atoms with E-state index in [1.54, 1.807) is 0 Å². The number of unbranched alkanes of at least 4 members (excludes halogenated alkanes) is 2. The quantitative estimate of drug-likeness (QED) is 0.350. The zero-order chi connectivity index (χ0) is 29.8. The predicted molar refractivity (Wildman–Crippen MR) is 180 cm³/mol. The number of nitrogens with one attached hydrogen (secondary N) is 1. The Kier molecular flexibility index (Phi) is 19.9. The van der Waals surface area contributed by atoms with E-state index in [1.807, 2.05) is 13.8 Å². The van der Waals surface area contributed by atoms with Gasteiger partial charge in [-0.1, -0.05) is 129 Å². The molecular weight excluding hydrogens is 470 g/mol. The van der Waals surface area contributed by atoms with Gasteiger partial charge in [0.2, 0.25) is 0 Å². The summed E-state index contributed by atoms with van der Waals surface area (Å²) in [6, 6.07) is 15.6. The van der Waals surface area contributed by atoms with Gasteiger partial charge in [0, 0.05) is 17.0 Å². The maximum Gasteiger partial charge on any atom is 0.0258 e. The smallest absolute Gasteiger partial charge is 0.0258 e. The molecule has 1 fully saturated rings. The van der Waals surface area contributed by atoms with E-state index in [-0.39, 0.29) is 0 Å². The van der Waals surface area contributed by atoms with Crippen molar-refractivity contribution in [1.82, 2.24) is 5.32 Å². The minimum Gasteiger partial charge on any atom is -0.385 e. The fourth-order valence-electron chi connectivity index (χ4n) is 4.27. The van der Waals surface area contributed by atoms with E-state index in [1.165, 1.54) is 78.6 Å². The molecule has 0 heterocycles. The monoisotopic (exact) mass is 531 g/mol. The van der Waals surface area contributed by atoms with Crippen LogP contribution in [0.1, 0.15) is 123 Å². The summed E-state index contributed by atoms with van der Waals surface area (Å²) in [6.45, 7) is 30.2. The molecule has 0 saturated heterocycles. The Labute approximate surface area is 243 Å². The molecule has 1 saturated carbocycles. The molecule has 39 heavy (non-hydrogen) atoms. The van der Waals surface area contributed by atoms with Gasteiger partial charge in [-0.25, -0.2) is 0 Å². The zero-order valence-electron chi connectivity index (χ0n) is 27.3. The van der Waals surface area contributed by atoms with E-state index in [0.29, 0.717) is 6.04 Å². The molecule has 1 heteroatoms. The van der Waals surface area contributed by atoms with Crippen LogP contribution in [0, 0.1) is 19.8 Å². The molecule has 0 aromatic heterocycles. The minimum absolute atomic E-state index is 0.588. The molecule has 0 atom stereocenters. The van der Waals surface area contributed by atoms with Crippen molar-refractivity contribution >= 4 is 17.3 Å². The first-order chi connectivity index (χ1) is 18.7. The molecule has 0 unspecified atom stereocenters. The van der Waals surface area contributed by atoms with Crippen LogP contribution in [0.4, 0.5) is 0 Å². The first-order valence-corrected chi connectivity index (χ1v) is 15.7. The lowest BCUT2D eigenvalue weighted by Gasteiger charge is -2.28. The molecule has 2 aromatic rings. The zero-order valence-corrected chi connectivity index (χ0v) is 27.3. The number of hydrogen-bond acceptors (Lipinski definition) is 1. The molecule has 218 valence electrons. The van der Waals surface area contributed by atoms with Gasteiger partial charge in [-0.05, 0) is 92.0 Å². The van der Waals surface area contributed by atoms with E-state index in [9.17, 15) is 0 Å². The highest BCUT2D eigenvalue weighted by molar-refractivity contribution is 5.86. The highest BCUT2D eigenvalue weighted by Crippen LogP contribution is 2.24. The Morgan fingerprint density at radius 1 is 0.846 bits per heavy atom. The summed E-state index contributed by atoms with van der Waals surface area (Å²) in [5, 5.41) is 6.28. The van der Waals surface area contributed by atoms with Crippen molar-refractivity contribution in [2.75, 3.05) is 0 Å². The SMILES string of the molecule is C=C(/C=c1/ccc(C)c/c1=C(/C)NC1CCC(C)CC1)C(=C)c1ccccc1C.CC.CCCC.CCCC. The van der Waals surface area contributed by atoms with Crippen molar-refractivity contribution in [2.45, 2.75) is 127 Å². The Morgan fingerprint density at radius 2 is 1.38 bits per heavy atom. The van der Waals surface area contributed by atoms with Crippen LogP contribution in [-0.4, -0.2) is 6.04 Å². The summed E-state index contributed by atoms with van der Waals surface area (Å²) in [7, 11) is 0. The van der Waals surface area contributed by atoms with Crippen LogP contribution in [-0.2, 0) is 0 Å². The van der Waals surface area contributed by atoms with Crippen LogP contribution in [0.2, 0.25) is 0 Å². The van der Waals surface area contributed by atoms with Gasteiger partial charge in [0.05, 0.1) is 0 Å². The Bertz CT molecular complexity index is 1070. The molecule has 0 radical (unpaired) electrons. The fraction of sp³-hybridized carbons (Fsp3) is 0.526. The summed E-state index contributed by atoms with van der Waals surface area (Å²) >= 11 is 0. The van der Waals surface area contributed by atoms with E-state index >= 15 is 0 Å². The predicted octanol–water partition coefficient (Wildman–Crippen LogP) is 10.3. The molecule has 0 spiro atoms. The second-order valence-electron chi connectivity index (χ2n) is 10.8. The second kappa shape index (κ2) is 21.3. The molecular formula is C38H61N. The van der Waals surface area contributed by atoms with E-state index in [4.69, 9.17) is 0 Å². The second-order valence-corrected chi connectivity index (χ2v) is 10.8. The number of hydrogen-bond donors (Lipinski definition) is 1. The fourth-order valence-corrected chi connectivity index (χ4v) is 4.27. The van der Waals surface area contributed by atoms with E-state index in [0.717, 1.165) is 22.6 Å². The maximum absolute atomic E-state index is 4.33. The van der Waals surface area contributed by atoms with Crippen molar-refractivity contribution in [2.24, 2.45) is 5.92 Å². The topological polar surface area (TPSA) is 12.0 Å². The van der Waals surface area contributed by atoms with Gasteiger partial charge in [0.15, 0.2) is 0 Å². The standard InChI is InChI=1S/C28H35N.2C4H10.C2H6/c1-19-12-15-26(16-13-19)29-24(6)28-17-20(2)11-14-25(28)18-22(4)23(5)27-10-8-7-9-21(27)3;2*1-3-4-2;1-2/h7-11,14,17-19,26,29H,4-5,12-13,15-16H2,1-3,6H3;2*3-4H2,1-2H3;1-2H3/b25-18-,28-24+;;;. The highest BCUT2D eigenvalue weighted by atomic mass is 14.9. The molecule has 1 aliphatic carbocycles. The van der Waals surface area contributed by atoms with Gasteiger partial charge in [-0.15, -0.1) is 0 Å². The van der Waals surface area contributed by atoms with Crippen molar-refractivity contribution in [3.05, 3.63) is 88.3 Å². The number of allylic oxidation sites excluding steroid dienone is 2. The lowest BCUT2D eigenvalue weighted by atomic mass is 9.87. The Balaban J connectivity index is 0.00000125. The van der Waals surface area contributed by atoms with Gasteiger partial charge in [0.25, 0.3) is 0 Å². The van der Waals surface area contributed by atoms with Gasteiger partial charge < -0.3 is 5.32 Å². The van der Waals surface area contributed by atoms with Crippen LogP contribution >= 0.6 is 0 Å². The molecule has 3 rings (SSSR count). The first kappa shape index (κ1) is 36.5. The molecule has 1 nitrogen and oxygen atoms in total. The Hall–Kier alpha value is -2.54. The van der Waals surface area contributed by atoms with Crippen LogP contribution in [0.15, 0.2) is 61.2 Å². The molecule has 0 bridgehead atoms. The molecule has 0 aliphatic heterocycles. The minimum atomic E-state index is 0.588. The highest BCUT2D eigenvalue weighted by Gasteiger charge is 2.17. The summed E-state index contributed by atoms with van der Waals surface area (Å²) < 4.78 is 0. The molecule has 0 amide bonds. The third-order valence-corrected chi connectivity index (χ3v) is 7.24. The average Bonchev–Trinajstić information content (AvgIpc) is 2.96. The van der Waals surface area contributed by atoms with E-state index in [2.05, 4.69) is 122 Å². The summed E-state index contributed by atoms with van der Waals surface area (Å²) in [5.41, 5.74) is 6.88. The maximum atomic E-state index is 4.33. The van der Waals surface area contributed by atoms with Crippen LogP contribution in [0.3, 0.4) is 0 Å². The van der Waals surface area contributed by atoms with Gasteiger partial charge in [0.1, 0.15) is 0 Å². The van der Waals surface area contributed by atoms with Gasteiger partial charge in [-0.3, -0.25) is 0 Å². The Morgan fingerprint density at radius 3 is 1.90 bits per heavy atom. The molecule has 2 aromatic carbocycles. The third kappa shape index (κ3) is 13.9. The average molecular weight is 532 g/mol. The summed E-state index contributed by atoms with van der Waals surface area (Å²) in [6.07, 6.45) is 12.6. The lowest BCUT2D eigenvalue weighted by Crippen LogP contribution is -2.37. The lowest BCUT2D eigenvalue weighted by molar-refractivity contribution is 0.327. The van der Waals surface area contributed by atoms with Crippen LogP contribution in [0.25, 0.3) is 17.3 Å². The number of aryl methyl sites for hydroxylation is 2.